The molecule has 0 aliphatic heterocycles. The Morgan fingerprint density at radius 2 is 1.75 bits per heavy atom. The lowest BCUT2D eigenvalue weighted by Crippen LogP contribution is -1.94. The van der Waals surface area contributed by atoms with Crippen molar-refractivity contribution in [2.45, 2.75) is 20.4 Å². The van der Waals surface area contributed by atoms with Gasteiger partial charge in [-0.2, -0.15) is 5.26 Å². The fourth-order valence-corrected chi connectivity index (χ4v) is 0.724. The monoisotopic (exact) mass is 162 g/mol. The third-order valence-electron chi connectivity index (χ3n) is 1.36. The van der Waals surface area contributed by atoms with Crippen LogP contribution in [0.4, 0.5) is 0 Å². The fourth-order valence-electron chi connectivity index (χ4n) is 0.724. The maximum atomic E-state index is 7.32. The van der Waals surface area contributed by atoms with Gasteiger partial charge in [0.15, 0.2) is 0 Å². The lowest BCUT2D eigenvalue weighted by molar-refractivity contribution is 1.07. The van der Waals surface area contributed by atoms with Gasteiger partial charge in [-0.05, 0) is 12.5 Å². The summed E-state index contributed by atoms with van der Waals surface area (Å²) in [7, 11) is 0. The summed E-state index contributed by atoms with van der Waals surface area (Å²) in [5, 5.41) is 7.32. The number of nitriles is 1. The summed E-state index contributed by atoms with van der Waals surface area (Å²) in [5.41, 5.74) is 7.88. The topological polar surface area (TPSA) is 49.8 Å². The van der Waals surface area contributed by atoms with Crippen LogP contribution in [0.3, 0.4) is 0 Å². The van der Waals surface area contributed by atoms with Gasteiger partial charge < -0.3 is 5.73 Å². The second kappa shape index (κ2) is 6.38. The van der Waals surface area contributed by atoms with E-state index in [0.717, 1.165) is 0 Å². The summed E-state index contributed by atoms with van der Waals surface area (Å²) in [4.78, 5) is 0. The number of rotatable bonds is 1. The fraction of sp³-hybridized carbons (Fsp3) is 0.300. The maximum absolute atomic E-state index is 7.32. The van der Waals surface area contributed by atoms with Crippen LogP contribution in [0, 0.1) is 18.3 Å². The molecule has 0 aromatic heterocycles. The van der Waals surface area contributed by atoms with E-state index in [9.17, 15) is 0 Å². The van der Waals surface area contributed by atoms with E-state index in [1.165, 1.54) is 18.1 Å². The molecular formula is C10H14N2. The Kier molecular flexibility index (Phi) is 5.68. The summed E-state index contributed by atoms with van der Waals surface area (Å²) >= 11 is 0. The van der Waals surface area contributed by atoms with Gasteiger partial charge in [-0.3, -0.25) is 0 Å². The highest BCUT2D eigenvalue weighted by Gasteiger charge is 1.84. The number of aryl methyl sites for hydroxylation is 1. The highest BCUT2D eigenvalue weighted by atomic mass is 14.5. The lowest BCUT2D eigenvalue weighted by Gasteiger charge is -1.94. The molecule has 1 aromatic rings. The average Bonchev–Trinajstić information content (AvgIpc) is 2.07. The molecule has 0 spiro atoms. The Bertz CT molecular complexity index is 244. The molecule has 0 saturated carbocycles. The molecule has 0 amide bonds. The predicted molar refractivity (Wildman–Crippen MR) is 50.4 cm³/mol. The minimum Gasteiger partial charge on any atom is -0.326 e. The molecule has 0 atom stereocenters. The highest BCUT2D eigenvalue weighted by Crippen LogP contribution is 2.00. The van der Waals surface area contributed by atoms with E-state index in [1.54, 1.807) is 6.07 Å². The first-order valence-corrected chi connectivity index (χ1v) is 3.81. The lowest BCUT2D eigenvalue weighted by atomic mass is 10.2. The zero-order valence-corrected chi connectivity index (χ0v) is 7.54. The molecule has 64 valence electrons. The van der Waals surface area contributed by atoms with Gasteiger partial charge >= 0.3 is 0 Å². The van der Waals surface area contributed by atoms with Gasteiger partial charge in [0, 0.05) is 13.5 Å². The molecular weight excluding hydrogens is 148 g/mol. The molecule has 1 rings (SSSR count). The Morgan fingerprint density at radius 1 is 1.33 bits per heavy atom. The van der Waals surface area contributed by atoms with Crippen molar-refractivity contribution in [3.8, 4) is 6.07 Å². The summed E-state index contributed by atoms with van der Waals surface area (Å²) in [6.45, 7) is 4.14. The first kappa shape index (κ1) is 10.7. The molecule has 1 aromatic carbocycles. The van der Waals surface area contributed by atoms with E-state index >= 15 is 0 Å². The van der Waals surface area contributed by atoms with E-state index in [4.69, 9.17) is 11.0 Å². The van der Waals surface area contributed by atoms with Crippen LogP contribution in [0.25, 0.3) is 0 Å². The molecule has 0 fully saturated rings. The van der Waals surface area contributed by atoms with E-state index in [2.05, 4.69) is 31.2 Å². The van der Waals surface area contributed by atoms with Gasteiger partial charge in [0.1, 0.15) is 0 Å². The van der Waals surface area contributed by atoms with Crippen molar-refractivity contribution in [3.63, 3.8) is 0 Å². The van der Waals surface area contributed by atoms with E-state index in [-0.39, 0.29) is 0 Å². The third-order valence-corrected chi connectivity index (χ3v) is 1.36. The zero-order valence-electron chi connectivity index (χ0n) is 7.54. The van der Waals surface area contributed by atoms with Crippen LogP contribution in [0.2, 0.25) is 0 Å². The molecule has 12 heavy (non-hydrogen) atoms. The van der Waals surface area contributed by atoms with Crippen LogP contribution >= 0.6 is 0 Å². The van der Waals surface area contributed by atoms with Gasteiger partial charge in [0.25, 0.3) is 0 Å². The van der Waals surface area contributed by atoms with Crippen LogP contribution < -0.4 is 5.73 Å². The predicted octanol–water partition coefficient (Wildman–Crippen LogP) is 1.98. The van der Waals surface area contributed by atoms with Gasteiger partial charge in [-0.1, -0.05) is 29.8 Å². The molecule has 2 N–H and O–H groups in total. The molecule has 0 saturated heterocycles. The Labute approximate surface area is 73.6 Å². The van der Waals surface area contributed by atoms with Crippen molar-refractivity contribution in [2.24, 2.45) is 5.73 Å². The van der Waals surface area contributed by atoms with E-state index < -0.39 is 0 Å². The standard InChI is InChI=1S/C8H11N.C2H3N/c1-7-2-4-8(6-9)5-3-7;1-2-3/h2-5H,6,9H2,1H3;1H3. The minimum absolute atomic E-state index is 0.639. The Morgan fingerprint density at radius 3 is 2.08 bits per heavy atom. The summed E-state index contributed by atoms with van der Waals surface area (Å²) in [6, 6.07) is 10.00. The normalized spacial score (nSPS) is 7.83. The number of nitrogens with two attached hydrogens (primary N) is 1. The Balaban J connectivity index is 0.000000354. The van der Waals surface area contributed by atoms with Crippen molar-refractivity contribution in [1.82, 2.24) is 0 Å². The van der Waals surface area contributed by atoms with Crippen molar-refractivity contribution < 1.29 is 0 Å². The van der Waals surface area contributed by atoms with Crippen LogP contribution in [0.15, 0.2) is 24.3 Å². The molecule has 0 heterocycles. The maximum Gasteiger partial charge on any atom is 0.0587 e. The smallest absolute Gasteiger partial charge is 0.0587 e. The van der Waals surface area contributed by atoms with Crippen molar-refractivity contribution in [3.05, 3.63) is 35.4 Å². The van der Waals surface area contributed by atoms with Crippen LogP contribution in [-0.4, -0.2) is 0 Å². The first-order valence-electron chi connectivity index (χ1n) is 3.81. The van der Waals surface area contributed by atoms with Crippen molar-refractivity contribution >= 4 is 0 Å². The SMILES string of the molecule is CC#N.Cc1ccc(CN)cc1. The average molecular weight is 162 g/mol. The van der Waals surface area contributed by atoms with E-state index in [0.29, 0.717) is 6.54 Å². The third kappa shape index (κ3) is 4.48. The first-order chi connectivity index (χ1) is 5.74. The van der Waals surface area contributed by atoms with Gasteiger partial charge in [0.2, 0.25) is 0 Å². The van der Waals surface area contributed by atoms with Crippen LogP contribution in [0.1, 0.15) is 18.1 Å². The molecule has 0 bridgehead atoms. The molecule has 0 aliphatic carbocycles. The highest BCUT2D eigenvalue weighted by molar-refractivity contribution is 5.20. The number of hydrogen-bond acceptors (Lipinski definition) is 2. The zero-order chi connectivity index (χ0) is 9.40. The molecule has 0 radical (unpaired) electrons. The minimum atomic E-state index is 0.639. The van der Waals surface area contributed by atoms with Gasteiger partial charge in [-0.25, -0.2) is 0 Å². The number of hydrogen-bond donors (Lipinski definition) is 1. The summed E-state index contributed by atoms with van der Waals surface area (Å²) in [5.74, 6) is 0. The molecule has 0 aliphatic rings. The van der Waals surface area contributed by atoms with Crippen molar-refractivity contribution in [1.29, 1.82) is 5.26 Å². The van der Waals surface area contributed by atoms with Gasteiger partial charge in [0.05, 0.1) is 6.07 Å². The van der Waals surface area contributed by atoms with Crippen LogP contribution in [0.5, 0.6) is 0 Å². The second-order valence-electron chi connectivity index (χ2n) is 2.41. The quantitative estimate of drug-likeness (QED) is 0.686. The number of nitrogens with zero attached hydrogens (tertiary/aromatic N) is 1. The van der Waals surface area contributed by atoms with Crippen molar-refractivity contribution in [2.75, 3.05) is 0 Å². The van der Waals surface area contributed by atoms with Gasteiger partial charge in [-0.15, -0.1) is 0 Å². The van der Waals surface area contributed by atoms with E-state index in [1.807, 2.05) is 0 Å². The molecule has 0 unspecified atom stereocenters. The largest absolute Gasteiger partial charge is 0.326 e. The second-order valence-corrected chi connectivity index (χ2v) is 2.41. The molecule has 2 nitrogen and oxygen atoms in total. The molecule has 2 heteroatoms. The Hall–Kier alpha value is -1.33. The van der Waals surface area contributed by atoms with Crippen LogP contribution in [-0.2, 0) is 6.54 Å². The summed E-state index contributed by atoms with van der Waals surface area (Å²) in [6.07, 6.45) is 0. The summed E-state index contributed by atoms with van der Waals surface area (Å²) < 4.78 is 0. The number of benzene rings is 1.